The van der Waals surface area contributed by atoms with Crippen LogP contribution in [0.5, 0.6) is 0 Å². The van der Waals surface area contributed by atoms with Crippen LogP contribution < -0.4 is 10.0 Å². The fourth-order valence-electron chi connectivity index (χ4n) is 1.68. The summed E-state index contributed by atoms with van der Waals surface area (Å²) in [6.45, 7) is 1.53. The van der Waals surface area contributed by atoms with E-state index in [1.54, 1.807) is 12.1 Å². The zero-order valence-corrected chi connectivity index (χ0v) is 10.2. The second-order valence-corrected chi connectivity index (χ2v) is 5.92. The Morgan fingerprint density at radius 1 is 1.44 bits per heavy atom. The molecule has 0 amide bonds. The first-order valence-electron chi connectivity index (χ1n) is 5.06. The van der Waals surface area contributed by atoms with Gasteiger partial charge in [0, 0.05) is 17.6 Å². The molecule has 0 unspecified atom stereocenters. The fraction of sp³-hybridized carbons (Fsp3) is 0.400. The van der Waals surface area contributed by atoms with Gasteiger partial charge in [0.05, 0.1) is 4.90 Å². The summed E-state index contributed by atoms with van der Waals surface area (Å²) in [4.78, 5) is 0.215. The molecule has 0 radical (unpaired) electrons. The summed E-state index contributed by atoms with van der Waals surface area (Å²) in [5.74, 6) is 0. The van der Waals surface area contributed by atoms with Crippen molar-refractivity contribution in [1.29, 1.82) is 0 Å². The number of benzene rings is 1. The van der Waals surface area contributed by atoms with Crippen molar-refractivity contribution in [2.45, 2.75) is 17.4 Å². The molecule has 0 bridgehead atoms. The van der Waals surface area contributed by atoms with Gasteiger partial charge in [0.25, 0.3) is 0 Å². The van der Waals surface area contributed by atoms with Gasteiger partial charge in [-0.3, -0.25) is 0 Å². The topological polar surface area (TPSA) is 58.2 Å². The first kappa shape index (κ1) is 11.9. The summed E-state index contributed by atoms with van der Waals surface area (Å²) in [6, 6.07) is 6.24. The average Bonchev–Trinajstić information content (AvgIpc) is 2.70. The Labute approximate surface area is 100 Å². The number of sulfonamides is 1. The molecule has 1 heterocycles. The molecular formula is C10H13ClN2O2S. The van der Waals surface area contributed by atoms with Gasteiger partial charge in [0.15, 0.2) is 0 Å². The van der Waals surface area contributed by atoms with Gasteiger partial charge in [-0.1, -0.05) is 17.7 Å². The minimum absolute atomic E-state index is 0.0241. The Bertz CT molecular complexity index is 469. The highest BCUT2D eigenvalue weighted by Gasteiger charge is 2.22. The Balaban J connectivity index is 2.18. The highest BCUT2D eigenvalue weighted by Crippen LogP contribution is 2.16. The molecule has 0 spiro atoms. The Morgan fingerprint density at radius 3 is 2.88 bits per heavy atom. The van der Waals surface area contributed by atoms with E-state index in [0.29, 0.717) is 11.6 Å². The quantitative estimate of drug-likeness (QED) is 0.852. The molecule has 4 nitrogen and oxygen atoms in total. The van der Waals surface area contributed by atoms with Crippen molar-refractivity contribution < 1.29 is 8.42 Å². The normalized spacial score (nSPS) is 21.2. The van der Waals surface area contributed by atoms with Crippen LogP contribution in [0.2, 0.25) is 5.02 Å². The molecule has 2 N–H and O–H groups in total. The van der Waals surface area contributed by atoms with Gasteiger partial charge in [-0.15, -0.1) is 0 Å². The monoisotopic (exact) mass is 260 g/mol. The molecular weight excluding hydrogens is 248 g/mol. The van der Waals surface area contributed by atoms with Crippen LogP contribution in [0.1, 0.15) is 6.42 Å². The molecule has 1 atom stereocenters. The third-order valence-electron chi connectivity index (χ3n) is 2.49. The highest BCUT2D eigenvalue weighted by molar-refractivity contribution is 7.89. The van der Waals surface area contributed by atoms with Crippen LogP contribution >= 0.6 is 11.6 Å². The van der Waals surface area contributed by atoms with E-state index < -0.39 is 10.0 Å². The summed E-state index contributed by atoms with van der Waals surface area (Å²) in [5, 5.41) is 3.53. The van der Waals surface area contributed by atoms with Crippen molar-refractivity contribution in [3.05, 3.63) is 29.3 Å². The standard InChI is InChI=1S/C10H13ClN2O2S/c11-8-2-1-3-10(6-8)16(14,15)13-9-4-5-12-7-9/h1-3,6,9,12-13H,4-5,7H2/t9-/m1/s1. The van der Waals surface area contributed by atoms with E-state index in [2.05, 4.69) is 10.0 Å². The Kier molecular flexibility index (Phi) is 3.49. The lowest BCUT2D eigenvalue weighted by atomic mass is 10.3. The van der Waals surface area contributed by atoms with Crippen LogP contribution in [-0.2, 0) is 10.0 Å². The number of hydrogen-bond acceptors (Lipinski definition) is 3. The third-order valence-corrected chi connectivity index (χ3v) is 4.24. The van der Waals surface area contributed by atoms with E-state index in [1.807, 2.05) is 0 Å². The molecule has 2 rings (SSSR count). The van der Waals surface area contributed by atoms with Crippen LogP contribution in [0.15, 0.2) is 29.2 Å². The van der Waals surface area contributed by atoms with Crippen molar-refractivity contribution in [3.63, 3.8) is 0 Å². The van der Waals surface area contributed by atoms with Gasteiger partial charge < -0.3 is 5.32 Å². The third kappa shape index (κ3) is 2.74. The van der Waals surface area contributed by atoms with Gasteiger partial charge >= 0.3 is 0 Å². The van der Waals surface area contributed by atoms with Crippen molar-refractivity contribution in [2.24, 2.45) is 0 Å². The van der Waals surface area contributed by atoms with Crippen LogP contribution in [0.3, 0.4) is 0 Å². The van der Waals surface area contributed by atoms with E-state index in [4.69, 9.17) is 11.6 Å². The molecule has 1 aromatic carbocycles. The lowest BCUT2D eigenvalue weighted by Crippen LogP contribution is -2.36. The summed E-state index contributed by atoms with van der Waals surface area (Å²) in [6.07, 6.45) is 0.819. The lowest BCUT2D eigenvalue weighted by Gasteiger charge is -2.11. The van der Waals surface area contributed by atoms with Gasteiger partial charge in [0.2, 0.25) is 10.0 Å². The fourth-order valence-corrected chi connectivity index (χ4v) is 3.25. The van der Waals surface area contributed by atoms with Gasteiger partial charge in [-0.05, 0) is 31.2 Å². The average molecular weight is 261 g/mol. The molecule has 1 aliphatic rings. The number of nitrogens with one attached hydrogen (secondary N) is 2. The Hall–Kier alpha value is -0.620. The second kappa shape index (κ2) is 4.71. The molecule has 1 fully saturated rings. The molecule has 0 saturated carbocycles. The predicted octanol–water partition coefficient (Wildman–Crippen LogP) is 0.980. The molecule has 1 aliphatic heterocycles. The predicted molar refractivity (Wildman–Crippen MR) is 63.0 cm³/mol. The van der Waals surface area contributed by atoms with Crippen molar-refractivity contribution in [2.75, 3.05) is 13.1 Å². The summed E-state index contributed by atoms with van der Waals surface area (Å²) >= 11 is 5.76. The smallest absolute Gasteiger partial charge is 0.240 e. The summed E-state index contributed by atoms with van der Waals surface area (Å²) < 4.78 is 26.5. The minimum atomic E-state index is -3.44. The van der Waals surface area contributed by atoms with Crippen LogP contribution in [0, 0.1) is 0 Å². The Morgan fingerprint density at radius 2 is 2.25 bits per heavy atom. The van der Waals surface area contributed by atoms with Crippen LogP contribution in [0.25, 0.3) is 0 Å². The van der Waals surface area contributed by atoms with Crippen LogP contribution in [-0.4, -0.2) is 27.5 Å². The number of hydrogen-bond donors (Lipinski definition) is 2. The molecule has 0 aliphatic carbocycles. The maximum Gasteiger partial charge on any atom is 0.240 e. The van der Waals surface area contributed by atoms with E-state index in [1.165, 1.54) is 12.1 Å². The van der Waals surface area contributed by atoms with Crippen LogP contribution in [0.4, 0.5) is 0 Å². The maximum atomic E-state index is 11.9. The largest absolute Gasteiger partial charge is 0.315 e. The zero-order chi connectivity index (χ0) is 11.6. The molecule has 0 aromatic heterocycles. The summed E-state index contributed by atoms with van der Waals surface area (Å²) in [7, 11) is -3.44. The molecule has 1 saturated heterocycles. The van der Waals surface area contributed by atoms with E-state index in [9.17, 15) is 8.42 Å². The SMILES string of the molecule is O=S(=O)(N[C@@H]1CCNC1)c1cccc(Cl)c1. The van der Waals surface area contributed by atoms with E-state index in [0.717, 1.165) is 13.0 Å². The lowest BCUT2D eigenvalue weighted by molar-refractivity contribution is 0.560. The highest BCUT2D eigenvalue weighted by atomic mass is 35.5. The van der Waals surface area contributed by atoms with E-state index >= 15 is 0 Å². The van der Waals surface area contributed by atoms with E-state index in [-0.39, 0.29) is 10.9 Å². The van der Waals surface area contributed by atoms with Gasteiger partial charge in [-0.2, -0.15) is 0 Å². The number of rotatable bonds is 3. The number of halogens is 1. The first-order valence-corrected chi connectivity index (χ1v) is 6.93. The zero-order valence-electron chi connectivity index (χ0n) is 8.61. The second-order valence-electron chi connectivity index (χ2n) is 3.77. The van der Waals surface area contributed by atoms with Gasteiger partial charge in [-0.25, -0.2) is 13.1 Å². The molecule has 1 aromatic rings. The van der Waals surface area contributed by atoms with Gasteiger partial charge in [0.1, 0.15) is 0 Å². The molecule has 6 heteroatoms. The van der Waals surface area contributed by atoms with Crippen molar-refractivity contribution in [3.8, 4) is 0 Å². The molecule has 88 valence electrons. The summed E-state index contributed by atoms with van der Waals surface area (Å²) in [5.41, 5.74) is 0. The maximum absolute atomic E-state index is 11.9. The van der Waals surface area contributed by atoms with Crippen molar-refractivity contribution in [1.82, 2.24) is 10.0 Å². The minimum Gasteiger partial charge on any atom is -0.315 e. The molecule has 16 heavy (non-hydrogen) atoms. The first-order chi connectivity index (χ1) is 7.58. The van der Waals surface area contributed by atoms with Crippen molar-refractivity contribution >= 4 is 21.6 Å².